The van der Waals surface area contributed by atoms with Crippen LogP contribution in [0, 0.1) is 0 Å². The number of nitrogens with one attached hydrogen (secondary N) is 2. The molecule has 0 atom stereocenters. The Morgan fingerprint density at radius 3 is 2.47 bits per heavy atom. The predicted molar refractivity (Wildman–Crippen MR) is 78.2 cm³/mol. The lowest BCUT2D eigenvalue weighted by atomic mass is 9.96. The summed E-state index contributed by atoms with van der Waals surface area (Å²) in [6.07, 6.45) is 6.81. The number of carbonyl (C=O) groups is 1. The molecular formula is C15H23N3O. The molecule has 2 amide bonds. The maximum atomic E-state index is 11.8. The van der Waals surface area contributed by atoms with E-state index in [0.29, 0.717) is 12.6 Å². The van der Waals surface area contributed by atoms with Crippen LogP contribution in [0.4, 0.5) is 10.5 Å². The highest BCUT2D eigenvalue weighted by atomic mass is 16.2. The molecule has 0 saturated heterocycles. The third kappa shape index (κ3) is 4.56. The number of hydrogen-bond donors (Lipinski definition) is 3. The first-order chi connectivity index (χ1) is 9.28. The summed E-state index contributed by atoms with van der Waals surface area (Å²) in [5.74, 6) is 0. The Morgan fingerprint density at radius 2 is 1.84 bits per heavy atom. The number of nitrogens with two attached hydrogens (primary N) is 1. The van der Waals surface area contributed by atoms with Gasteiger partial charge in [-0.15, -0.1) is 0 Å². The van der Waals surface area contributed by atoms with Crippen LogP contribution in [0.5, 0.6) is 0 Å². The molecule has 19 heavy (non-hydrogen) atoms. The van der Waals surface area contributed by atoms with Gasteiger partial charge >= 0.3 is 6.03 Å². The van der Waals surface area contributed by atoms with Crippen LogP contribution in [0.3, 0.4) is 0 Å². The van der Waals surface area contributed by atoms with Gasteiger partial charge in [0, 0.05) is 11.7 Å². The van der Waals surface area contributed by atoms with Crippen LogP contribution in [-0.2, 0) is 6.42 Å². The number of rotatable bonds is 4. The summed E-state index contributed by atoms with van der Waals surface area (Å²) in [5, 5.41) is 5.91. The maximum Gasteiger partial charge on any atom is 0.319 e. The molecule has 0 aromatic heterocycles. The first-order valence-corrected chi connectivity index (χ1v) is 7.14. The van der Waals surface area contributed by atoms with Crippen molar-refractivity contribution >= 4 is 11.7 Å². The van der Waals surface area contributed by atoms with E-state index in [9.17, 15) is 4.79 Å². The van der Waals surface area contributed by atoms with Crippen molar-refractivity contribution in [3.8, 4) is 0 Å². The molecule has 1 aromatic rings. The molecule has 2 rings (SSSR count). The van der Waals surface area contributed by atoms with Crippen molar-refractivity contribution < 1.29 is 4.79 Å². The van der Waals surface area contributed by atoms with E-state index in [1.165, 1.54) is 24.8 Å². The second kappa shape index (κ2) is 7.14. The number of hydrogen-bond acceptors (Lipinski definition) is 2. The van der Waals surface area contributed by atoms with E-state index in [0.717, 1.165) is 24.9 Å². The van der Waals surface area contributed by atoms with Gasteiger partial charge in [0.15, 0.2) is 0 Å². The molecule has 1 aliphatic rings. The molecule has 0 radical (unpaired) electrons. The number of anilines is 1. The third-order valence-corrected chi connectivity index (χ3v) is 3.59. The number of benzene rings is 1. The molecule has 4 N–H and O–H groups in total. The fraction of sp³-hybridized carbons (Fsp3) is 0.533. The molecule has 0 bridgehead atoms. The van der Waals surface area contributed by atoms with E-state index >= 15 is 0 Å². The van der Waals surface area contributed by atoms with Gasteiger partial charge in [-0.3, -0.25) is 0 Å². The lowest BCUT2D eigenvalue weighted by Gasteiger charge is -2.22. The Hall–Kier alpha value is -1.55. The van der Waals surface area contributed by atoms with Crippen LogP contribution in [0.2, 0.25) is 0 Å². The molecule has 4 heteroatoms. The summed E-state index contributed by atoms with van der Waals surface area (Å²) in [5.41, 5.74) is 7.53. The highest BCUT2D eigenvalue weighted by molar-refractivity contribution is 5.89. The Labute approximate surface area is 114 Å². The minimum absolute atomic E-state index is 0.0986. The standard InChI is InChI=1S/C15H23N3O/c16-11-10-12-6-8-14(9-7-12)18-15(19)17-13-4-2-1-3-5-13/h6-9,13H,1-5,10-11,16H2,(H2,17,18,19). The SMILES string of the molecule is NCCc1ccc(NC(=O)NC2CCCCC2)cc1. The van der Waals surface area contributed by atoms with Gasteiger partial charge in [-0.2, -0.15) is 0 Å². The van der Waals surface area contributed by atoms with Crippen LogP contribution < -0.4 is 16.4 Å². The topological polar surface area (TPSA) is 67.1 Å². The molecule has 0 spiro atoms. The van der Waals surface area contributed by atoms with Gasteiger partial charge in [0.1, 0.15) is 0 Å². The van der Waals surface area contributed by atoms with Gasteiger partial charge < -0.3 is 16.4 Å². The highest BCUT2D eigenvalue weighted by Crippen LogP contribution is 2.17. The van der Waals surface area contributed by atoms with Crippen LogP contribution in [0.15, 0.2) is 24.3 Å². The molecule has 1 aliphatic carbocycles. The zero-order valence-corrected chi connectivity index (χ0v) is 11.3. The van der Waals surface area contributed by atoms with E-state index in [2.05, 4.69) is 10.6 Å². The van der Waals surface area contributed by atoms with Gasteiger partial charge in [0.2, 0.25) is 0 Å². The van der Waals surface area contributed by atoms with Gasteiger partial charge in [-0.25, -0.2) is 4.79 Å². The summed E-state index contributed by atoms with van der Waals surface area (Å²) in [7, 11) is 0. The van der Waals surface area contributed by atoms with Gasteiger partial charge in [0.05, 0.1) is 0 Å². The number of urea groups is 1. The molecule has 0 heterocycles. The van der Waals surface area contributed by atoms with Crippen molar-refractivity contribution in [2.24, 2.45) is 5.73 Å². The Kier molecular flexibility index (Phi) is 5.21. The van der Waals surface area contributed by atoms with Crippen molar-refractivity contribution in [2.45, 2.75) is 44.6 Å². The second-order valence-corrected chi connectivity index (χ2v) is 5.17. The van der Waals surface area contributed by atoms with Crippen molar-refractivity contribution in [3.05, 3.63) is 29.8 Å². The largest absolute Gasteiger partial charge is 0.335 e. The summed E-state index contributed by atoms with van der Waals surface area (Å²) in [4.78, 5) is 11.8. The molecule has 1 saturated carbocycles. The second-order valence-electron chi connectivity index (χ2n) is 5.17. The number of amides is 2. The Bertz CT molecular complexity index is 396. The van der Waals surface area contributed by atoms with E-state index in [4.69, 9.17) is 5.73 Å². The Balaban J connectivity index is 1.80. The average Bonchev–Trinajstić information content (AvgIpc) is 2.42. The van der Waals surface area contributed by atoms with Gasteiger partial charge in [0.25, 0.3) is 0 Å². The van der Waals surface area contributed by atoms with Crippen molar-refractivity contribution in [3.63, 3.8) is 0 Å². The zero-order valence-electron chi connectivity index (χ0n) is 11.3. The first kappa shape index (κ1) is 13.9. The Morgan fingerprint density at radius 1 is 1.16 bits per heavy atom. The lowest BCUT2D eigenvalue weighted by Crippen LogP contribution is -2.38. The zero-order chi connectivity index (χ0) is 13.5. The first-order valence-electron chi connectivity index (χ1n) is 7.14. The summed E-state index contributed by atoms with van der Waals surface area (Å²) in [6, 6.07) is 8.09. The fourth-order valence-electron chi connectivity index (χ4n) is 2.52. The van der Waals surface area contributed by atoms with Crippen molar-refractivity contribution in [2.75, 3.05) is 11.9 Å². The quantitative estimate of drug-likeness (QED) is 0.780. The molecule has 1 fully saturated rings. The summed E-state index contributed by atoms with van der Waals surface area (Å²) in [6.45, 7) is 0.648. The van der Waals surface area contributed by atoms with Gasteiger partial charge in [-0.1, -0.05) is 31.4 Å². The molecule has 0 unspecified atom stereocenters. The van der Waals surface area contributed by atoms with Gasteiger partial charge in [-0.05, 0) is 43.5 Å². The van der Waals surface area contributed by atoms with Crippen LogP contribution in [0.1, 0.15) is 37.7 Å². The molecule has 104 valence electrons. The predicted octanol–water partition coefficient (Wildman–Crippen LogP) is 2.64. The van der Waals surface area contributed by atoms with E-state index in [1.807, 2.05) is 24.3 Å². The molecular weight excluding hydrogens is 238 g/mol. The number of carbonyl (C=O) groups excluding carboxylic acids is 1. The molecule has 0 aliphatic heterocycles. The minimum Gasteiger partial charge on any atom is -0.335 e. The van der Waals surface area contributed by atoms with Crippen molar-refractivity contribution in [1.29, 1.82) is 0 Å². The maximum absolute atomic E-state index is 11.8. The van der Waals surface area contributed by atoms with Crippen molar-refractivity contribution in [1.82, 2.24) is 5.32 Å². The summed E-state index contributed by atoms with van der Waals surface area (Å²) >= 11 is 0. The smallest absolute Gasteiger partial charge is 0.319 e. The molecule has 4 nitrogen and oxygen atoms in total. The monoisotopic (exact) mass is 261 g/mol. The normalized spacial score (nSPS) is 16.1. The van der Waals surface area contributed by atoms with Crippen LogP contribution >= 0.6 is 0 Å². The summed E-state index contributed by atoms with van der Waals surface area (Å²) < 4.78 is 0. The van der Waals surface area contributed by atoms with E-state index in [-0.39, 0.29) is 6.03 Å². The average molecular weight is 261 g/mol. The van der Waals surface area contributed by atoms with Crippen LogP contribution in [0.25, 0.3) is 0 Å². The fourth-order valence-corrected chi connectivity index (χ4v) is 2.52. The molecule has 1 aromatic carbocycles. The lowest BCUT2D eigenvalue weighted by molar-refractivity contribution is 0.244. The highest BCUT2D eigenvalue weighted by Gasteiger charge is 2.15. The van der Waals surface area contributed by atoms with Crippen LogP contribution in [-0.4, -0.2) is 18.6 Å². The van der Waals surface area contributed by atoms with E-state index in [1.54, 1.807) is 0 Å². The third-order valence-electron chi connectivity index (χ3n) is 3.59. The minimum atomic E-state index is -0.0986. The van der Waals surface area contributed by atoms with E-state index < -0.39 is 0 Å².